The SMILES string of the molecule is CC(N)CCNC(=O)c1ccc(N2CCC(C)CC2)c([N+](=O)[O-])c1. The zero-order valence-electron chi connectivity index (χ0n) is 14.3. The number of anilines is 1. The lowest BCUT2D eigenvalue weighted by Crippen LogP contribution is -2.33. The van der Waals surface area contributed by atoms with Crippen molar-refractivity contribution in [3.63, 3.8) is 0 Å². The lowest BCUT2D eigenvalue weighted by Gasteiger charge is -2.31. The highest BCUT2D eigenvalue weighted by molar-refractivity contribution is 5.95. The van der Waals surface area contributed by atoms with Crippen molar-refractivity contribution in [2.45, 2.75) is 39.2 Å². The molecule has 0 saturated carbocycles. The first kappa shape index (κ1) is 18.2. The van der Waals surface area contributed by atoms with Crippen LogP contribution in [0.2, 0.25) is 0 Å². The summed E-state index contributed by atoms with van der Waals surface area (Å²) in [5.74, 6) is 0.341. The molecule has 1 amide bonds. The third-order valence-corrected chi connectivity index (χ3v) is 4.44. The molecule has 0 aliphatic carbocycles. The van der Waals surface area contributed by atoms with Crippen LogP contribution in [-0.2, 0) is 0 Å². The summed E-state index contributed by atoms with van der Waals surface area (Å²) in [4.78, 5) is 25.2. The quantitative estimate of drug-likeness (QED) is 0.614. The molecule has 1 saturated heterocycles. The van der Waals surface area contributed by atoms with Gasteiger partial charge in [0.2, 0.25) is 0 Å². The fourth-order valence-electron chi connectivity index (χ4n) is 2.84. The minimum absolute atomic E-state index is 0.00325. The van der Waals surface area contributed by atoms with Gasteiger partial charge in [0.15, 0.2) is 0 Å². The summed E-state index contributed by atoms with van der Waals surface area (Å²) in [5.41, 5.74) is 6.54. The average molecular weight is 334 g/mol. The summed E-state index contributed by atoms with van der Waals surface area (Å²) >= 11 is 0. The van der Waals surface area contributed by atoms with E-state index in [9.17, 15) is 14.9 Å². The van der Waals surface area contributed by atoms with Gasteiger partial charge in [-0.05, 0) is 44.2 Å². The molecule has 1 fully saturated rings. The molecular formula is C17H26N4O3. The molecule has 1 aromatic rings. The standard InChI is InChI=1S/C17H26N4O3/c1-12-6-9-20(10-7-12)15-4-3-14(11-16(15)21(23)24)17(22)19-8-5-13(2)18/h3-4,11-13H,5-10,18H2,1-2H3,(H,19,22). The molecular weight excluding hydrogens is 308 g/mol. The molecule has 1 aromatic carbocycles. The van der Waals surface area contributed by atoms with Crippen molar-refractivity contribution in [2.75, 3.05) is 24.5 Å². The predicted molar refractivity (Wildman–Crippen MR) is 94.3 cm³/mol. The first-order valence-corrected chi connectivity index (χ1v) is 8.45. The maximum absolute atomic E-state index is 12.1. The van der Waals surface area contributed by atoms with Crippen LogP contribution in [0.25, 0.3) is 0 Å². The number of nitrogens with two attached hydrogens (primary N) is 1. The molecule has 0 aromatic heterocycles. The van der Waals surface area contributed by atoms with Gasteiger partial charge in [-0.3, -0.25) is 14.9 Å². The molecule has 1 unspecified atom stereocenters. The molecule has 24 heavy (non-hydrogen) atoms. The van der Waals surface area contributed by atoms with Gasteiger partial charge in [0, 0.05) is 37.3 Å². The van der Waals surface area contributed by atoms with Crippen LogP contribution < -0.4 is 16.0 Å². The summed E-state index contributed by atoms with van der Waals surface area (Å²) in [6.07, 6.45) is 2.71. The number of nitrogens with one attached hydrogen (secondary N) is 1. The molecule has 7 heteroatoms. The molecule has 1 aliphatic heterocycles. The van der Waals surface area contributed by atoms with E-state index in [1.807, 2.05) is 11.8 Å². The van der Waals surface area contributed by atoms with Crippen molar-refractivity contribution in [2.24, 2.45) is 11.7 Å². The molecule has 0 spiro atoms. The Hall–Kier alpha value is -2.15. The Balaban J connectivity index is 2.14. The number of rotatable bonds is 6. The van der Waals surface area contributed by atoms with Gasteiger partial charge in [-0.1, -0.05) is 6.92 Å². The highest BCUT2D eigenvalue weighted by atomic mass is 16.6. The summed E-state index contributed by atoms with van der Waals surface area (Å²) in [6.45, 7) is 6.13. The summed E-state index contributed by atoms with van der Waals surface area (Å²) in [6, 6.07) is 4.72. The highest BCUT2D eigenvalue weighted by Crippen LogP contribution is 2.32. The number of hydrogen-bond donors (Lipinski definition) is 2. The number of hydrogen-bond acceptors (Lipinski definition) is 5. The van der Waals surface area contributed by atoms with Crippen LogP contribution in [-0.4, -0.2) is 36.5 Å². The van der Waals surface area contributed by atoms with Crippen molar-refractivity contribution < 1.29 is 9.72 Å². The predicted octanol–water partition coefficient (Wildman–Crippen LogP) is 2.30. The molecule has 1 heterocycles. The van der Waals surface area contributed by atoms with E-state index in [0.29, 0.717) is 30.1 Å². The molecule has 2 rings (SSSR count). The second-order valence-electron chi connectivity index (χ2n) is 6.65. The van der Waals surface area contributed by atoms with Crippen molar-refractivity contribution in [3.05, 3.63) is 33.9 Å². The number of piperidine rings is 1. The molecule has 132 valence electrons. The minimum Gasteiger partial charge on any atom is -0.366 e. The summed E-state index contributed by atoms with van der Waals surface area (Å²) < 4.78 is 0. The molecule has 7 nitrogen and oxygen atoms in total. The summed E-state index contributed by atoms with van der Waals surface area (Å²) in [7, 11) is 0. The Bertz CT molecular complexity index is 595. The van der Waals surface area contributed by atoms with Crippen molar-refractivity contribution in [3.8, 4) is 0 Å². The van der Waals surface area contributed by atoms with E-state index in [4.69, 9.17) is 5.73 Å². The maximum Gasteiger partial charge on any atom is 0.293 e. The van der Waals surface area contributed by atoms with Crippen LogP contribution in [0.4, 0.5) is 11.4 Å². The fourth-order valence-corrected chi connectivity index (χ4v) is 2.84. The van der Waals surface area contributed by atoms with Crippen molar-refractivity contribution >= 4 is 17.3 Å². The zero-order chi connectivity index (χ0) is 17.7. The number of nitrogens with zero attached hydrogens (tertiary/aromatic N) is 2. The zero-order valence-corrected chi connectivity index (χ0v) is 14.3. The second kappa shape index (κ2) is 8.10. The van der Waals surface area contributed by atoms with Gasteiger partial charge < -0.3 is 16.0 Å². The van der Waals surface area contributed by atoms with Gasteiger partial charge in [0.1, 0.15) is 5.69 Å². The number of nitro benzene ring substituents is 1. The molecule has 1 atom stereocenters. The first-order chi connectivity index (χ1) is 11.4. The van der Waals surface area contributed by atoms with Crippen LogP contribution in [0.3, 0.4) is 0 Å². The van der Waals surface area contributed by atoms with Gasteiger partial charge in [0.05, 0.1) is 4.92 Å². The van der Waals surface area contributed by atoms with Gasteiger partial charge in [-0.25, -0.2) is 0 Å². The van der Waals surface area contributed by atoms with E-state index < -0.39 is 4.92 Å². The molecule has 3 N–H and O–H groups in total. The van der Waals surface area contributed by atoms with Gasteiger partial charge >= 0.3 is 0 Å². The third-order valence-electron chi connectivity index (χ3n) is 4.44. The van der Waals surface area contributed by atoms with Crippen LogP contribution in [0.1, 0.15) is 43.5 Å². The molecule has 1 aliphatic rings. The number of carbonyl (C=O) groups is 1. The number of nitro groups is 1. The van der Waals surface area contributed by atoms with E-state index in [0.717, 1.165) is 25.9 Å². The fraction of sp³-hybridized carbons (Fsp3) is 0.588. The Morgan fingerprint density at radius 3 is 2.71 bits per heavy atom. The number of carbonyl (C=O) groups excluding carboxylic acids is 1. The van der Waals surface area contributed by atoms with Gasteiger partial charge in [-0.2, -0.15) is 0 Å². The minimum atomic E-state index is -0.411. The van der Waals surface area contributed by atoms with Gasteiger partial charge in [0.25, 0.3) is 11.6 Å². The Kier molecular flexibility index (Phi) is 6.14. The maximum atomic E-state index is 12.1. The number of benzene rings is 1. The van der Waals surface area contributed by atoms with Crippen LogP contribution in [0.15, 0.2) is 18.2 Å². The summed E-state index contributed by atoms with van der Waals surface area (Å²) in [5, 5.41) is 14.2. The molecule has 0 radical (unpaired) electrons. The van der Waals surface area contributed by atoms with Gasteiger partial charge in [-0.15, -0.1) is 0 Å². The topological polar surface area (TPSA) is 102 Å². The van der Waals surface area contributed by atoms with E-state index in [1.165, 1.54) is 6.07 Å². The normalized spacial score (nSPS) is 16.7. The largest absolute Gasteiger partial charge is 0.366 e. The van der Waals surface area contributed by atoms with Crippen molar-refractivity contribution in [1.82, 2.24) is 5.32 Å². The Labute approximate surface area is 142 Å². The van der Waals surface area contributed by atoms with E-state index in [-0.39, 0.29) is 17.6 Å². The number of amides is 1. The van der Waals surface area contributed by atoms with E-state index in [1.54, 1.807) is 12.1 Å². The smallest absolute Gasteiger partial charge is 0.293 e. The van der Waals surface area contributed by atoms with Crippen LogP contribution in [0, 0.1) is 16.0 Å². The second-order valence-corrected chi connectivity index (χ2v) is 6.65. The Morgan fingerprint density at radius 2 is 2.12 bits per heavy atom. The lowest BCUT2D eigenvalue weighted by molar-refractivity contribution is -0.384. The highest BCUT2D eigenvalue weighted by Gasteiger charge is 2.24. The molecule has 0 bridgehead atoms. The first-order valence-electron chi connectivity index (χ1n) is 8.45. The van der Waals surface area contributed by atoms with Crippen molar-refractivity contribution in [1.29, 1.82) is 0 Å². The monoisotopic (exact) mass is 334 g/mol. The lowest BCUT2D eigenvalue weighted by atomic mass is 9.98. The van der Waals surface area contributed by atoms with E-state index >= 15 is 0 Å². The third kappa shape index (κ3) is 4.67. The van der Waals surface area contributed by atoms with E-state index in [2.05, 4.69) is 12.2 Å². The average Bonchev–Trinajstić information content (AvgIpc) is 2.54. The van der Waals surface area contributed by atoms with Crippen LogP contribution in [0.5, 0.6) is 0 Å². The Morgan fingerprint density at radius 1 is 1.46 bits per heavy atom. The van der Waals surface area contributed by atoms with Crippen LogP contribution >= 0.6 is 0 Å².